The maximum absolute atomic E-state index is 12.8. The molecule has 24 heavy (non-hydrogen) atoms. The van der Waals surface area contributed by atoms with Gasteiger partial charge in [0.25, 0.3) is 5.91 Å². The first kappa shape index (κ1) is 15.9. The summed E-state index contributed by atoms with van der Waals surface area (Å²) in [5.74, 6) is 0.627. The molecule has 0 bridgehead atoms. The summed E-state index contributed by atoms with van der Waals surface area (Å²) in [6.45, 7) is 0.801. The van der Waals surface area contributed by atoms with Crippen LogP contribution in [0.15, 0.2) is 42.5 Å². The third-order valence-corrected chi connectivity index (χ3v) is 3.83. The first-order valence-corrected chi connectivity index (χ1v) is 7.45. The number of benzene rings is 2. The second kappa shape index (κ2) is 6.62. The molecule has 1 heterocycles. The number of carbonyl (C=O) groups is 2. The quantitative estimate of drug-likeness (QED) is 0.811. The molecule has 0 N–H and O–H groups in total. The Morgan fingerprint density at radius 1 is 1.04 bits per heavy atom. The number of rotatable bonds is 3. The second-order valence-electron chi connectivity index (χ2n) is 5.21. The highest BCUT2D eigenvalue weighted by molar-refractivity contribution is 6.07. The number of anilines is 1. The van der Waals surface area contributed by atoms with Crippen molar-refractivity contribution in [1.82, 2.24) is 0 Å². The van der Waals surface area contributed by atoms with Crippen LogP contribution >= 0.6 is 0 Å². The zero-order chi connectivity index (χ0) is 17.1. The van der Waals surface area contributed by atoms with Gasteiger partial charge in [0.1, 0.15) is 18.1 Å². The van der Waals surface area contributed by atoms with Crippen molar-refractivity contribution in [3.8, 4) is 11.5 Å². The Kier molecular flexibility index (Phi) is 4.37. The molecule has 2 aromatic rings. The van der Waals surface area contributed by atoms with E-state index in [1.165, 1.54) is 7.11 Å². The highest BCUT2D eigenvalue weighted by Crippen LogP contribution is 2.33. The largest absolute Gasteiger partial charge is 0.497 e. The van der Waals surface area contributed by atoms with E-state index < -0.39 is 5.97 Å². The molecule has 0 atom stereocenters. The fourth-order valence-corrected chi connectivity index (χ4v) is 2.56. The zero-order valence-electron chi connectivity index (χ0n) is 13.4. The van der Waals surface area contributed by atoms with E-state index in [9.17, 15) is 9.59 Å². The Bertz CT molecular complexity index is 769. The van der Waals surface area contributed by atoms with Gasteiger partial charge >= 0.3 is 5.97 Å². The molecule has 0 aromatic heterocycles. The van der Waals surface area contributed by atoms with Crippen molar-refractivity contribution >= 4 is 17.6 Å². The van der Waals surface area contributed by atoms with Crippen molar-refractivity contribution in [3.05, 3.63) is 53.6 Å². The van der Waals surface area contributed by atoms with Gasteiger partial charge in [0, 0.05) is 5.56 Å². The number of esters is 1. The van der Waals surface area contributed by atoms with Gasteiger partial charge in [-0.1, -0.05) is 0 Å². The lowest BCUT2D eigenvalue weighted by atomic mass is 10.1. The predicted octanol–water partition coefficient (Wildman–Crippen LogP) is 2.52. The van der Waals surface area contributed by atoms with Gasteiger partial charge in [-0.25, -0.2) is 4.79 Å². The molecule has 0 saturated heterocycles. The molecule has 0 spiro atoms. The third-order valence-electron chi connectivity index (χ3n) is 3.83. The number of hydrogen-bond acceptors (Lipinski definition) is 5. The molecule has 0 unspecified atom stereocenters. The monoisotopic (exact) mass is 327 g/mol. The maximum Gasteiger partial charge on any atom is 0.337 e. The Balaban J connectivity index is 1.95. The molecular weight excluding hydrogens is 310 g/mol. The van der Waals surface area contributed by atoms with Gasteiger partial charge in [0.15, 0.2) is 0 Å². The van der Waals surface area contributed by atoms with Crippen LogP contribution in [0.1, 0.15) is 20.7 Å². The van der Waals surface area contributed by atoms with Gasteiger partial charge in [-0.15, -0.1) is 0 Å². The number of fused-ring (bicyclic) bond motifs is 1. The van der Waals surface area contributed by atoms with Crippen molar-refractivity contribution < 1.29 is 23.8 Å². The van der Waals surface area contributed by atoms with E-state index in [1.54, 1.807) is 54.5 Å². The Morgan fingerprint density at radius 3 is 2.42 bits per heavy atom. The first-order chi connectivity index (χ1) is 11.6. The van der Waals surface area contributed by atoms with Crippen molar-refractivity contribution in [2.75, 3.05) is 32.3 Å². The lowest BCUT2D eigenvalue weighted by Gasteiger charge is -2.30. The summed E-state index contributed by atoms with van der Waals surface area (Å²) in [4.78, 5) is 26.2. The average Bonchev–Trinajstić information content (AvgIpc) is 2.66. The van der Waals surface area contributed by atoms with E-state index in [0.717, 1.165) is 0 Å². The Labute approximate surface area is 139 Å². The van der Waals surface area contributed by atoms with E-state index in [2.05, 4.69) is 0 Å². The third kappa shape index (κ3) is 2.90. The standard InChI is InChI=1S/C18H17NO5/c1-22-14-6-3-12(4-7-14)17(20)19-9-10-24-16-8-5-13(11-15(16)19)18(21)23-2/h3-8,11H,9-10H2,1-2H3. The van der Waals surface area contributed by atoms with Crippen LogP contribution in [0.5, 0.6) is 11.5 Å². The van der Waals surface area contributed by atoms with Crippen molar-refractivity contribution in [1.29, 1.82) is 0 Å². The normalized spacial score (nSPS) is 12.8. The highest BCUT2D eigenvalue weighted by atomic mass is 16.5. The number of methoxy groups -OCH3 is 2. The van der Waals surface area contributed by atoms with Gasteiger partial charge in [0.05, 0.1) is 32.0 Å². The molecule has 0 saturated carbocycles. The number of nitrogens with zero attached hydrogens (tertiary/aromatic N) is 1. The van der Waals surface area contributed by atoms with E-state index in [1.807, 2.05) is 0 Å². The summed E-state index contributed by atoms with van der Waals surface area (Å²) >= 11 is 0. The minimum atomic E-state index is -0.458. The molecule has 0 radical (unpaired) electrons. The van der Waals surface area contributed by atoms with E-state index in [-0.39, 0.29) is 5.91 Å². The highest BCUT2D eigenvalue weighted by Gasteiger charge is 2.26. The van der Waals surface area contributed by atoms with Crippen LogP contribution in [0.4, 0.5) is 5.69 Å². The lowest BCUT2D eigenvalue weighted by Crippen LogP contribution is -2.38. The van der Waals surface area contributed by atoms with Crippen molar-refractivity contribution in [2.45, 2.75) is 0 Å². The second-order valence-corrected chi connectivity index (χ2v) is 5.21. The summed E-state index contributed by atoms with van der Waals surface area (Å²) in [7, 11) is 2.89. The van der Waals surface area contributed by atoms with E-state index in [4.69, 9.17) is 14.2 Å². The summed E-state index contributed by atoms with van der Waals surface area (Å²) in [5, 5.41) is 0. The molecule has 3 rings (SSSR count). The van der Waals surface area contributed by atoms with Crippen LogP contribution in [0.3, 0.4) is 0 Å². The number of hydrogen-bond donors (Lipinski definition) is 0. The molecule has 0 fully saturated rings. The molecule has 0 aliphatic carbocycles. The van der Waals surface area contributed by atoms with Crippen molar-refractivity contribution in [3.63, 3.8) is 0 Å². The van der Waals surface area contributed by atoms with Gasteiger partial charge in [-0.2, -0.15) is 0 Å². The van der Waals surface area contributed by atoms with E-state index >= 15 is 0 Å². The van der Waals surface area contributed by atoms with E-state index in [0.29, 0.717) is 41.5 Å². The molecule has 6 heteroatoms. The maximum atomic E-state index is 12.8. The summed E-state index contributed by atoms with van der Waals surface area (Å²) in [6.07, 6.45) is 0. The number of ether oxygens (including phenoxy) is 3. The average molecular weight is 327 g/mol. The SMILES string of the molecule is COC(=O)c1ccc2c(c1)N(C(=O)c1ccc(OC)cc1)CCO2. The summed E-state index contributed by atoms with van der Waals surface area (Å²) in [5.41, 5.74) is 1.46. The molecule has 1 amide bonds. The molecule has 2 aromatic carbocycles. The molecule has 6 nitrogen and oxygen atoms in total. The fourth-order valence-electron chi connectivity index (χ4n) is 2.56. The summed E-state index contributed by atoms with van der Waals surface area (Å²) in [6, 6.07) is 11.8. The van der Waals surface area contributed by atoms with Gasteiger partial charge in [-0.3, -0.25) is 4.79 Å². The first-order valence-electron chi connectivity index (χ1n) is 7.45. The minimum absolute atomic E-state index is 0.163. The molecule has 1 aliphatic rings. The molecule has 124 valence electrons. The van der Waals surface area contributed by atoms with Crippen LogP contribution in [0.2, 0.25) is 0 Å². The van der Waals surface area contributed by atoms with Crippen LogP contribution in [0.25, 0.3) is 0 Å². The minimum Gasteiger partial charge on any atom is -0.497 e. The Hall–Kier alpha value is -3.02. The van der Waals surface area contributed by atoms with Crippen LogP contribution in [-0.2, 0) is 4.74 Å². The zero-order valence-corrected chi connectivity index (χ0v) is 13.4. The van der Waals surface area contributed by atoms with Gasteiger partial charge in [0.2, 0.25) is 0 Å². The van der Waals surface area contributed by atoms with Crippen LogP contribution in [0, 0.1) is 0 Å². The Morgan fingerprint density at radius 2 is 1.75 bits per heavy atom. The fraction of sp³-hybridized carbons (Fsp3) is 0.222. The van der Waals surface area contributed by atoms with Crippen molar-refractivity contribution in [2.24, 2.45) is 0 Å². The number of carbonyl (C=O) groups excluding carboxylic acids is 2. The predicted molar refractivity (Wildman–Crippen MR) is 87.9 cm³/mol. The van der Waals surface area contributed by atoms with Gasteiger partial charge < -0.3 is 19.1 Å². The lowest BCUT2D eigenvalue weighted by molar-refractivity contribution is 0.0600. The summed E-state index contributed by atoms with van der Waals surface area (Å²) < 4.78 is 15.4. The smallest absolute Gasteiger partial charge is 0.337 e. The van der Waals surface area contributed by atoms with Crippen LogP contribution in [-0.4, -0.2) is 39.2 Å². The topological polar surface area (TPSA) is 65.1 Å². The molecule has 1 aliphatic heterocycles. The molecular formula is C18H17NO5. The van der Waals surface area contributed by atoms with Crippen LogP contribution < -0.4 is 14.4 Å². The van der Waals surface area contributed by atoms with Gasteiger partial charge in [-0.05, 0) is 42.5 Å². The number of amides is 1.